The molecule has 1 aliphatic heterocycles. The van der Waals surface area contributed by atoms with Crippen LogP contribution in [0.15, 0.2) is 34.8 Å². The van der Waals surface area contributed by atoms with E-state index in [-0.39, 0.29) is 0 Å². The van der Waals surface area contributed by atoms with E-state index in [1.807, 2.05) is 38.1 Å². The molecule has 2 aromatic carbocycles. The van der Waals surface area contributed by atoms with Crippen LogP contribution in [-0.2, 0) is 4.79 Å². The van der Waals surface area contributed by atoms with Crippen molar-refractivity contribution < 1.29 is 14.3 Å². The van der Waals surface area contributed by atoms with E-state index in [0.717, 1.165) is 15.8 Å². The average Bonchev–Trinajstić information content (AvgIpc) is 2.80. The summed E-state index contributed by atoms with van der Waals surface area (Å²) >= 11 is 3.48. The number of nitrogens with zero attached hydrogens (tertiary/aromatic N) is 1. The second-order valence-corrected chi connectivity index (χ2v) is 7.23. The predicted octanol–water partition coefficient (Wildman–Crippen LogP) is 4.37. The Hall–Kier alpha value is -2.14. The highest BCUT2D eigenvalue weighted by Gasteiger charge is 2.37. The van der Waals surface area contributed by atoms with Crippen molar-refractivity contribution in [3.63, 3.8) is 0 Å². The van der Waals surface area contributed by atoms with Crippen LogP contribution in [0.3, 0.4) is 0 Å². The number of ketones is 1. The van der Waals surface area contributed by atoms with Gasteiger partial charge < -0.3 is 9.64 Å². The minimum absolute atomic E-state index is 0.436. The van der Waals surface area contributed by atoms with Crippen LogP contribution < -0.4 is 9.64 Å². The van der Waals surface area contributed by atoms with Crippen molar-refractivity contribution >= 4 is 33.3 Å². The van der Waals surface area contributed by atoms with Crippen molar-refractivity contribution in [1.82, 2.24) is 0 Å². The molecule has 0 atom stereocenters. The van der Waals surface area contributed by atoms with Crippen molar-refractivity contribution in [3.8, 4) is 5.75 Å². The summed E-state index contributed by atoms with van der Waals surface area (Å²) in [6, 6.07) is 9.67. The maximum atomic E-state index is 12.3. The molecule has 0 radical (unpaired) electrons. The van der Waals surface area contributed by atoms with Crippen LogP contribution in [0.2, 0.25) is 0 Å². The van der Waals surface area contributed by atoms with E-state index in [0.29, 0.717) is 30.8 Å². The fourth-order valence-corrected chi connectivity index (χ4v) is 3.74. The van der Waals surface area contributed by atoms with Gasteiger partial charge in [-0.2, -0.15) is 0 Å². The molecule has 2 aromatic rings. The number of carbonyl (C=O) groups excluding carboxylic acids is 2. The Balaban J connectivity index is 1.65. The Morgan fingerprint density at radius 1 is 1.04 bits per heavy atom. The molecule has 5 heteroatoms. The number of amides is 1. The minimum Gasteiger partial charge on any atom is -0.494 e. The largest absolute Gasteiger partial charge is 0.494 e. The van der Waals surface area contributed by atoms with Crippen LogP contribution in [0.4, 0.5) is 5.69 Å². The molecule has 0 spiro atoms. The standard InChI is InChI=1S/C20H20BrNO3/c1-12-9-16-18(17(21)10-12)22(20(24)19(16)23)7-4-8-25-15-6-5-13(2)14(3)11-15/h5-6,9-11H,4,7-8H2,1-3H3. The van der Waals surface area contributed by atoms with Crippen molar-refractivity contribution in [1.29, 1.82) is 0 Å². The fraction of sp³-hybridized carbons (Fsp3) is 0.300. The highest BCUT2D eigenvalue weighted by Crippen LogP contribution is 2.37. The van der Waals surface area contributed by atoms with Crippen molar-refractivity contribution in [3.05, 3.63) is 57.1 Å². The Morgan fingerprint density at radius 3 is 2.52 bits per heavy atom. The van der Waals surface area contributed by atoms with E-state index in [2.05, 4.69) is 22.9 Å². The van der Waals surface area contributed by atoms with Crippen molar-refractivity contribution in [2.45, 2.75) is 27.2 Å². The number of rotatable bonds is 5. The molecule has 130 valence electrons. The first-order chi connectivity index (χ1) is 11.9. The second-order valence-electron chi connectivity index (χ2n) is 6.38. The molecule has 0 N–H and O–H groups in total. The number of carbonyl (C=O) groups is 2. The molecule has 0 aromatic heterocycles. The summed E-state index contributed by atoms with van der Waals surface area (Å²) in [6.45, 7) is 6.95. The van der Waals surface area contributed by atoms with Gasteiger partial charge in [0.1, 0.15) is 5.75 Å². The zero-order valence-corrected chi connectivity index (χ0v) is 16.1. The lowest BCUT2D eigenvalue weighted by molar-refractivity contribution is -0.114. The molecular weight excluding hydrogens is 382 g/mol. The van der Waals surface area contributed by atoms with Gasteiger partial charge in [-0.25, -0.2) is 0 Å². The smallest absolute Gasteiger partial charge is 0.299 e. The van der Waals surface area contributed by atoms with Gasteiger partial charge in [0, 0.05) is 11.0 Å². The Morgan fingerprint density at radius 2 is 1.80 bits per heavy atom. The number of benzene rings is 2. The highest BCUT2D eigenvalue weighted by molar-refractivity contribution is 9.10. The van der Waals surface area contributed by atoms with Gasteiger partial charge in [-0.1, -0.05) is 6.07 Å². The number of ether oxygens (including phenoxy) is 1. The van der Waals surface area contributed by atoms with E-state index < -0.39 is 11.7 Å². The number of hydrogen-bond donors (Lipinski definition) is 0. The summed E-state index contributed by atoms with van der Waals surface area (Å²) < 4.78 is 6.54. The van der Waals surface area contributed by atoms with Gasteiger partial charge in [-0.05, 0) is 84.1 Å². The molecule has 3 rings (SSSR count). The third-order valence-corrected chi connectivity index (χ3v) is 5.04. The van der Waals surface area contributed by atoms with E-state index in [1.165, 1.54) is 11.1 Å². The van der Waals surface area contributed by atoms with Crippen molar-refractivity contribution in [2.75, 3.05) is 18.1 Å². The van der Waals surface area contributed by atoms with Gasteiger partial charge in [-0.15, -0.1) is 0 Å². The Kier molecular flexibility index (Phi) is 4.95. The molecule has 0 saturated heterocycles. The van der Waals surface area contributed by atoms with Gasteiger partial charge in [-0.3, -0.25) is 9.59 Å². The second kappa shape index (κ2) is 7.00. The molecule has 25 heavy (non-hydrogen) atoms. The maximum absolute atomic E-state index is 12.3. The van der Waals surface area contributed by atoms with Crippen molar-refractivity contribution in [2.24, 2.45) is 0 Å². The normalized spacial score (nSPS) is 13.4. The van der Waals surface area contributed by atoms with Gasteiger partial charge in [0.25, 0.3) is 11.7 Å². The Labute approximate surface area is 155 Å². The van der Waals surface area contributed by atoms with Crippen LogP contribution in [0.1, 0.15) is 33.5 Å². The molecule has 1 amide bonds. The first-order valence-electron chi connectivity index (χ1n) is 8.25. The summed E-state index contributed by atoms with van der Waals surface area (Å²) in [5.74, 6) is -0.0777. The quantitative estimate of drug-likeness (QED) is 0.551. The highest BCUT2D eigenvalue weighted by atomic mass is 79.9. The van der Waals surface area contributed by atoms with Gasteiger partial charge in [0.15, 0.2) is 0 Å². The van der Waals surface area contributed by atoms with Crippen LogP contribution in [-0.4, -0.2) is 24.8 Å². The summed E-state index contributed by atoms with van der Waals surface area (Å²) in [5, 5.41) is 0. The molecule has 0 bridgehead atoms. The zero-order valence-electron chi connectivity index (χ0n) is 14.6. The predicted molar refractivity (Wildman–Crippen MR) is 102 cm³/mol. The third-order valence-electron chi connectivity index (χ3n) is 4.43. The monoisotopic (exact) mass is 401 g/mol. The van der Waals surface area contributed by atoms with Crippen LogP contribution in [0.5, 0.6) is 5.75 Å². The molecular formula is C20H20BrNO3. The Bertz CT molecular complexity index is 860. The fourth-order valence-electron chi connectivity index (χ4n) is 2.95. The van der Waals surface area contributed by atoms with Gasteiger partial charge in [0.05, 0.1) is 17.9 Å². The van der Waals surface area contributed by atoms with Crippen LogP contribution >= 0.6 is 15.9 Å². The van der Waals surface area contributed by atoms with E-state index in [1.54, 1.807) is 11.0 Å². The lowest BCUT2D eigenvalue weighted by atomic mass is 10.1. The molecule has 0 fully saturated rings. The van der Waals surface area contributed by atoms with Gasteiger partial charge >= 0.3 is 0 Å². The zero-order chi connectivity index (χ0) is 18.1. The van der Waals surface area contributed by atoms with E-state index in [4.69, 9.17) is 4.74 Å². The first-order valence-corrected chi connectivity index (χ1v) is 9.04. The summed E-state index contributed by atoms with van der Waals surface area (Å²) in [6.07, 6.45) is 0.645. The van der Waals surface area contributed by atoms with E-state index >= 15 is 0 Å². The lowest BCUT2D eigenvalue weighted by Gasteiger charge is -2.18. The first kappa shape index (κ1) is 17.7. The average molecular weight is 402 g/mol. The molecule has 4 nitrogen and oxygen atoms in total. The number of fused-ring (bicyclic) bond motifs is 1. The molecule has 1 heterocycles. The molecule has 0 unspecified atom stereocenters. The number of hydrogen-bond acceptors (Lipinski definition) is 3. The van der Waals surface area contributed by atoms with Gasteiger partial charge in [0.2, 0.25) is 0 Å². The number of aryl methyl sites for hydroxylation is 3. The maximum Gasteiger partial charge on any atom is 0.299 e. The number of halogens is 1. The molecule has 1 aliphatic rings. The third kappa shape index (κ3) is 3.47. The SMILES string of the molecule is Cc1cc(Br)c2c(c1)C(=O)C(=O)N2CCCOc1ccc(C)c(C)c1. The lowest BCUT2D eigenvalue weighted by Crippen LogP contribution is -2.31. The van der Waals surface area contributed by atoms with Crippen LogP contribution in [0.25, 0.3) is 0 Å². The summed E-state index contributed by atoms with van der Waals surface area (Å²) in [7, 11) is 0. The minimum atomic E-state index is -0.465. The topological polar surface area (TPSA) is 46.6 Å². The molecule has 0 saturated carbocycles. The number of Topliss-reactive ketones (excluding diaryl/α,β-unsaturated/α-hetero) is 1. The molecule has 0 aliphatic carbocycles. The van der Waals surface area contributed by atoms with Crippen LogP contribution in [0, 0.1) is 20.8 Å². The van der Waals surface area contributed by atoms with E-state index in [9.17, 15) is 9.59 Å². The number of anilines is 1. The summed E-state index contributed by atoms with van der Waals surface area (Å²) in [5.41, 5.74) is 4.52. The summed E-state index contributed by atoms with van der Waals surface area (Å²) in [4.78, 5) is 26.0.